The summed E-state index contributed by atoms with van der Waals surface area (Å²) < 4.78 is 0. The van der Waals surface area contributed by atoms with Crippen molar-refractivity contribution >= 4 is 22.4 Å². The molecule has 2 aromatic rings. The Labute approximate surface area is 93.0 Å². The molecule has 0 heterocycles. The molecule has 2 rings (SSSR count). The van der Waals surface area contributed by atoms with Crippen LogP contribution < -0.4 is 5.32 Å². The number of fused-ring (bicyclic) bond motifs is 1. The lowest BCUT2D eigenvalue weighted by atomic mass is 10.1. The SMILES string of the molecule is C=C(Nc1ccc2ccccc2c1)C(=O)O. The first kappa shape index (κ1) is 10.2. The third-order valence-corrected chi connectivity index (χ3v) is 2.30. The monoisotopic (exact) mass is 213 g/mol. The predicted molar refractivity (Wildman–Crippen MR) is 64.3 cm³/mol. The lowest BCUT2D eigenvalue weighted by molar-refractivity contribution is -0.132. The average Bonchev–Trinajstić information content (AvgIpc) is 2.28. The summed E-state index contributed by atoms with van der Waals surface area (Å²) in [6.07, 6.45) is 0. The zero-order valence-electron chi connectivity index (χ0n) is 8.60. The molecule has 2 aromatic carbocycles. The number of anilines is 1. The second-order valence-corrected chi connectivity index (χ2v) is 3.47. The minimum absolute atomic E-state index is 0.0321. The van der Waals surface area contributed by atoms with Gasteiger partial charge in [0, 0.05) is 5.69 Å². The number of aliphatic carboxylic acids is 1. The maximum absolute atomic E-state index is 10.6. The second-order valence-electron chi connectivity index (χ2n) is 3.47. The van der Waals surface area contributed by atoms with Gasteiger partial charge in [0.1, 0.15) is 5.70 Å². The normalized spacial score (nSPS) is 10.0. The molecular formula is C13H11NO2. The maximum atomic E-state index is 10.6. The molecule has 0 unspecified atom stereocenters. The molecule has 16 heavy (non-hydrogen) atoms. The maximum Gasteiger partial charge on any atom is 0.351 e. The fourth-order valence-electron chi connectivity index (χ4n) is 1.49. The first-order valence-electron chi connectivity index (χ1n) is 4.85. The molecule has 0 aliphatic heterocycles. The molecule has 2 N–H and O–H groups in total. The number of carbonyl (C=O) groups is 1. The summed E-state index contributed by atoms with van der Waals surface area (Å²) in [6, 6.07) is 13.5. The lowest BCUT2D eigenvalue weighted by Crippen LogP contribution is -2.08. The molecule has 0 amide bonds. The van der Waals surface area contributed by atoms with Crippen LogP contribution >= 0.6 is 0 Å². The van der Waals surface area contributed by atoms with E-state index in [-0.39, 0.29) is 5.70 Å². The van der Waals surface area contributed by atoms with Crippen molar-refractivity contribution in [2.24, 2.45) is 0 Å². The molecule has 80 valence electrons. The highest BCUT2D eigenvalue weighted by molar-refractivity contribution is 5.91. The standard InChI is InChI=1S/C13H11NO2/c1-9(13(15)16)14-12-7-6-10-4-2-3-5-11(10)8-12/h2-8,14H,1H2,(H,15,16). The van der Waals surface area contributed by atoms with Crippen LogP contribution in [0.2, 0.25) is 0 Å². The number of benzene rings is 2. The first-order chi connectivity index (χ1) is 7.66. The molecule has 0 saturated carbocycles. The van der Waals surface area contributed by atoms with Crippen LogP contribution in [-0.2, 0) is 4.79 Å². The van der Waals surface area contributed by atoms with Gasteiger partial charge in [-0.25, -0.2) is 4.79 Å². The summed E-state index contributed by atoms with van der Waals surface area (Å²) in [5.41, 5.74) is 0.696. The van der Waals surface area contributed by atoms with E-state index in [1.807, 2.05) is 42.5 Å². The molecule has 0 spiro atoms. The van der Waals surface area contributed by atoms with E-state index in [0.29, 0.717) is 0 Å². The number of nitrogens with one attached hydrogen (secondary N) is 1. The Kier molecular flexibility index (Phi) is 2.60. The zero-order chi connectivity index (χ0) is 11.5. The fraction of sp³-hybridized carbons (Fsp3) is 0. The number of carboxylic acids is 1. The van der Waals surface area contributed by atoms with Crippen LogP contribution in [0.5, 0.6) is 0 Å². The Balaban J connectivity index is 2.33. The highest BCUT2D eigenvalue weighted by atomic mass is 16.4. The van der Waals surface area contributed by atoms with Gasteiger partial charge in [-0.15, -0.1) is 0 Å². The molecule has 0 aliphatic carbocycles. The lowest BCUT2D eigenvalue weighted by Gasteiger charge is -2.06. The Morgan fingerprint density at radius 1 is 1.12 bits per heavy atom. The van der Waals surface area contributed by atoms with E-state index in [9.17, 15) is 4.79 Å². The van der Waals surface area contributed by atoms with E-state index in [1.54, 1.807) is 0 Å². The van der Waals surface area contributed by atoms with Crippen LogP contribution in [0.1, 0.15) is 0 Å². The van der Waals surface area contributed by atoms with Gasteiger partial charge in [0.15, 0.2) is 0 Å². The Morgan fingerprint density at radius 2 is 1.81 bits per heavy atom. The quantitative estimate of drug-likeness (QED) is 0.771. The Morgan fingerprint density at radius 3 is 2.50 bits per heavy atom. The van der Waals surface area contributed by atoms with Gasteiger partial charge in [-0.05, 0) is 22.9 Å². The smallest absolute Gasteiger partial charge is 0.351 e. The van der Waals surface area contributed by atoms with Crippen molar-refractivity contribution in [2.45, 2.75) is 0 Å². The first-order valence-corrected chi connectivity index (χ1v) is 4.85. The van der Waals surface area contributed by atoms with E-state index >= 15 is 0 Å². The summed E-state index contributed by atoms with van der Waals surface area (Å²) in [6.45, 7) is 3.42. The number of hydrogen-bond acceptors (Lipinski definition) is 2. The molecule has 0 saturated heterocycles. The van der Waals surface area contributed by atoms with Gasteiger partial charge in [-0.3, -0.25) is 0 Å². The van der Waals surface area contributed by atoms with Crippen molar-refractivity contribution in [1.82, 2.24) is 0 Å². The van der Waals surface area contributed by atoms with Gasteiger partial charge in [0.25, 0.3) is 0 Å². The van der Waals surface area contributed by atoms with Crippen LogP contribution in [-0.4, -0.2) is 11.1 Å². The second kappa shape index (κ2) is 4.06. The average molecular weight is 213 g/mol. The van der Waals surface area contributed by atoms with Gasteiger partial charge < -0.3 is 10.4 Å². The van der Waals surface area contributed by atoms with Crippen molar-refractivity contribution in [1.29, 1.82) is 0 Å². The Bertz CT molecular complexity index is 561. The predicted octanol–water partition coefficient (Wildman–Crippen LogP) is 2.85. The topological polar surface area (TPSA) is 49.3 Å². The largest absolute Gasteiger partial charge is 0.477 e. The highest BCUT2D eigenvalue weighted by Crippen LogP contribution is 2.19. The van der Waals surface area contributed by atoms with Crippen molar-refractivity contribution in [2.75, 3.05) is 5.32 Å². The highest BCUT2D eigenvalue weighted by Gasteiger charge is 2.03. The molecule has 0 aromatic heterocycles. The number of carboxylic acid groups (broad SMARTS) is 1. The third kappa shape index (κ3) is 2.03. The van der Waals surface area contributed by atoms with Gasteiger partial charge in [-0.1, -0.05) is 36.9 Å². The molecule has 3 heteroatoms. The van der Waals surface area contributed by atoms with Crippen molar-refractivity contribution in [3.8, 4) is 0 Å². The van der Waals surface area contributed by atoms with E-state index < -0.39 is 5.97 Å². The van der Waals surface area contributed by atoms with Gasteiger partial charge >= 0.3 is 5.97 Å². The van der Waals surface area contributed by atoms with Crippen LogP contribution in [0.3, 0.4) is 0 Å². The minimum atomic E-state index is -1.05. The third-order valence-electron chi connectivity index (χ3n) is 2.30. The number of hydrogen-bond donors (Lipinski definition) is 2. The molecule has 0 radical (unpaired) electrons. The molecular weight excluding hydrogens is 202 g/mol. The van der Waals surface area contributed by atoms with Crippen LogP contribution in [0.4, 0.5) is 5.69 Å². The van der Waals surface area contributed by atoms with Crippen molar-refractivity contribution in [3.63, 3.8) is 0 Å². The van der Waals surface area contributed by atoms with E-state index in [4.69, 9.17) is 5.11 Å². The van der Waals surface area contributed by atoms with Gasteiger partial charge in [0.2, 0.25) is 0 Å². The fourth-order valence-corrected chi connectivity index (χ4v) is 1.49. The minimum Gasteiger partial charge on any atom is -0.477 e. The summed E-state index contributed by atoms with van der Waals surface area (Å²) in [5, 5.41) is 13.6. The zero-order valence-corrected chi connectivity index (χ0v) is 8.60. The number of rotatable bonds is 3. The summed E-state index contributed by atoms with van der Waals surface area (Å²) in [5.74, 6) is -1.05. The Hall–Kier alpha value is -2.29. The van der Waals surface area contributed by atoms with Crippen LogP contribution in [0, 0.1) is 0 Å². The molecule has 0 bridgehead atoms. The summed E-state index contributed by atoms with van der Waals surface area (Å²) in [4.78, 5) is 10.6. The summed E-state index contributed by atoms with van der Waals surface area (Å²) >= 11 is 0. The van der Waals surface area contributed by atoms with Crippen molar-refractivity contribution < 1.29 is 9.90 Å². The van der Waals surface area contributed by atoms with E-state index in [1.165, 1.54) is 0 Å². The summed E-state index contributed by atoms with van der Waals surface area (Å²) in [7, 11) is 0. The van der Waals surface area contributed by atoms with Crippen LogP contribution in [0.25, 0.3) is 10.8 Å². The van der Waals surface area contributed by atoms with E-state index in [2.05, 4.69) is 11.9 Å². The van der Waals surface area contributed by atoms with E-state index in [0.717, 1.165) is 16.5 Å². The molecule has 3 nitrogen and oxygen atoms in total. The van der Waals surface area contributed by atoms with Crippen molar-refractivity contribution in [3.05, 3.63) is 54.7 Å². The van der Waals surface area contributed by atoms with Gasteiger partial charge in [-0.2, -0.15) is 0 Å². The van der Waals surface area contributed by atoms with Crippen LogP contribution in [0.15, 0.2) is 54.7 Å². The molecule has 0 fully saturated rings. The molecule has 0 aliphatic rings. The van der Waals surface area contributed by atoms with Gasteiger partial charge in [0.05, 0.1) is 0 Å². The molecule has 0 atom stereocenters.